The topological polar surface area (TPSA) is 73.9 Å². The zero-order valence-corrected chi connectivity index (χ0v) is 9.86. The Balaban J connectivity index is 2.34. The van der Waals surface area contributed by atoms with E-state index in [9.17, 15) is 0 Å². The molecular weight excluding hydrogens is 224 g/mol. The summed E-state index contributed by atoms with van der Waals surface area (Å²) in [5, 5.41) is 0.827. The van der Waals surface area contributed by atoms with Crippen LogP contribution >= 0.6 is 11.3 Å². The molecule has 2 heterocycles. The highest BCUT2D eigenvalue weighted by Gasteiger charge is 2.09. The minimum Gasteiger partial charge on any atom is -0.481 e. The van der Waals surface area contributed by atoms with Gasteiger partial charge in [-0.15, -0.1) is 11.3 Å². The van der Waals surface area contributed by atoms with Crippen LogP contribution in [0.25, 0.3) is 10.7 Å². The minimum absolute atomic E-state index is 0.00465. The van der Waals surface area contributed by atoms with Gasteiger partial charge in [0.05, 0.1) is 7.11 Å². The van der Waals surface area contributed by atoms with Crippen LogP contribution in [-0.4, -0.2) is 22.1 Å². The Morgan fingerprint density at radius 3 is 2.81 bits per heavy atom. The second-order valence-electron chi connectivity index (χ2n) is 3.30. The molecule has 2 rings (SSSR count). The average molecular weight is 236 g/mol. The van der Waals surface area contributed by atoms with Crippen LogP contribution in [0.4, 0.5) is 0 Å². The van der Waals surface area contributed by atoms with Gasteiger partial charge >= 0.3 is 0 Å². The summed E-state index contributed by atoms with van der Waals surface area (Å²) in [5.41, 5.74) is 6.53. The van der Waals surface area contributed by atoms with E-state index in [0.29, 0.717) is 5.88 Å². The Hall–Kier alpha value is -1.53. The third kappa shape index (κ3) is 2.17. The zero-order valence-electron chi connectivity index (χ0n) is 9.04. The number of nitrogens with zero attached hydrogens (tertiary/aromatic N) is 3. The first-order valence-electron chi connectivity index (χ1n) is 4.78. The summed E-state index contributed by atoms with van der Waals surface area (Å²) in [6, 6.07) is 1.75. The highest BCUT2D eigenvalue weighted by molar-refractivity contribution is 7.15. The van der Waals surface area contributed by atoms with Crippen molar-refractivity contribution in [3.8, 4) is 16.6 Å². The number of hydrogen-bond acceptors (Lipinski definition) is 6. The van der Waals surface area contributed by atoms with Crippen LogP contribution in [0.5, 0.6) is 5.88 Å². The fourth-order valence-corrected chi connectivity index (χ4v) is 2.02. The van der Waals surface area contributed by atoms with Crippen LogP contribution in [0, 0.1) is 0 Å². The number of methoxy groups -OCH3 is 1. The third-order valence-corrected chi connectivity index (χ3v) is 3.26. The smallest absolute Gasteiger partial charge is 0.216 e. The second kappa shape index (κ2) is 4.54. The fraction of sp³-hybridized carbons (Fsp3) is 0.300. The Morgan fingerprint density at radius 1 is 1.38 bits per heavy atom. The molecule has 16 heavy (non-hydrogen) atoms. The van der Waals surface area contributed by atoms with Gasteiger partial charge in [0, 0.05) is 23.2 Å². The van der Waals surface area contributed by atoms with Gasteiger partial charge in [-0.05, 0) is 6.92 Å². The molecule has 0 saturated heterocycles. The predicted molar refractivity (Wildman–Crippen MR) is 62.3 cm³/mol. The second-order valence-corrected chi connectivity index (χ2v) is 4.36. The molecule has 0 aliphatic heterocycles. The molecule has 84 valence electrons. The maximum absolute atomic E-state index is 5.77. The monoisotopic (exact) mass is 236 g/mol. The van der Waals surface area contributed by atoms with Gasteiger partial charge in [-0.2, -0.15) is 0 Å². The van der Waals surface area contributed by atoms with E-state index in [1.165, 1.54) is 17.7 Å². The van der Waals surface area contributed by atoms with Crippen molar-refractivity contribution in [1.29, 1.82) is 0 Å². The van der Waals surface area contributed by atoms with Gasteiger partial charge in [-0.1, -0.05) is 0 Å². The van der Waals surface area contributed by atoms with Crippen molar-refractivity contribution in [2.75, 3.05) is 7.11 Å². The summed E-state index contributed by atoms with van der Waals surface area (Å²) in [7, 11) is 1.57. The number of ether oxygens (including phenoxy) is 1. The standard InChI is InChI=1S/C10H12N4OS/c1-6(11)8-4-12-10(16-8)7-3-9(15-2)14-5-13-7/h3-6H,11H2,1-2H3. The molecule has 0 amide bonds. The molecule has 1 unspecified atom stereocenters. The molecule has 0 spiro atoms. The molecule has 2 N–H and O–H groups in total. The van der Waals surface area contributed by atoms with Crippen molar-refractivity contribution < 1.29 is 4.74 Å². The molecule has 0 saturated carbocycles. The van der Waals surface area contributed by atoms with Gasteiger partial charge in [0.1, 0.15) is 17.0 Å². The highest BCUT2D eigenvalue weighted by atomic mass is 32.1. The summed E-state index contributed by atoms with van der Waals surface area (Å²) in [5.74, 6) is 0.530. The first kappa shape index (κ1) is 11.0. The lowest BCUT2D eigenvalue weighted by Gasteiger charge is -1.99. The van der Waals surface area contributed by atoms with E-state index in [4.69, 9.17) is 10.5 Å². The minimum atomic E-state index is -0.00465. The Labute approximate surface area is 97.3 Å². The van der Waals surface area contributed by atoms with E-state index in [0.717, 1.165) is 15.6 Å². The average Bonchev–Trinajstić information content (AvgIpc) is 2.78. The molecule has 0 aromatic carbocycles. The number of thiazole rings is 1. The van der Waals surface area contributed by atoms with Crippen molar-refractivity contribution in [2.45, 2.75) is 13.0 Å². The molecule has 0 radical (unpaired) electrons. The molecule has 0 bridgehead atoms. The lowest BCUT2D eigenvalue weighted by atomic mass is 10.3. The van der Waals surface area contributed by atoms with Crippen LogP contribution in [0.2, 0.25) is 0 Å². The summed E-state index contributed by atoms with van der Waals surface area (Å²) < 4.78 is 5.03. The Bertz CT molecular complexity index is 483. The van der Waals surface area contributed by atoms with Gasteiger partial charge in [0.25, 0.3) is 0 Å². The fourth-order valence-electron chi connectivity index (χ4n) is 1.18. The van der Waals surface area contributed by atoms with Gasteiger partial charge in [-0.3, -0.25) is 0 Å². The predicted octanol–water partition coefficient (Wildman–Crippen LogP) is 1.63. The summed E-state index contributed by atoms with van der Waals surface area (Å²) in [4.78, 5) is 13.4. The van der Waals surface area contributed by atoms with Gasteiger partial charge in [0.15, 0.2) is 0 Å². The molecule has 0 aliphatic rings. The quantitative estimate of drug-likeness (QED) is 0.876. The lowest BCUT2D eigenvalue weighted by molar-refractivity contribution is 0.397. The number of rotatable bonds is 3. The largest absolute Gasteiger partial charge is 0.481 e. The first-order chi connectivity index (χ1) is 7.70. The van der Waals surface area contributed by atoms with E-state index in [1.807, 2.05) is 6.92 Å². The number of aromatic nitrogens is 3. The van der Waals surface area contributed by atoms with Gasteiger partial charge < -0.3 is 10.5 Å². The Morgan fingerprint density at radius 2 is 2.19 bits per heavy atom. The highest BCUT2D eigenvalue weighted by Crippen LogP contribution is 2.27. The molecule has 2 aromatic rings. The third-order valence-electron chi connectivity index (χ3n) is 2.04. The molecule has 5 nitrogen and oxygen atoms in total. The van der Waals surface area contributed by atoms with Crippen LogP contribution in [0.15, 0.2) is 18.6 Å². The van der Waals surface area contributed by atoms with E-state index < -0.39 is 0 Å². The normalized spacial score (nSPS) is 12.4. The van der Waals surface area contributed by atoms with Crippen LogP contribution < -0.4 is 10.5 Å². The van der Waals surface area contributed by atoms with E-state index in [1.54, 1.807) is 19.4 Å². The SMILES string of the molecule is COc1cc(-c2ncc(C(C)N)s2)ncn1. The van der Waals surface area contributed by atoms with Crippen LogP contribution in [0.1, 0.15) is 17.8 Å². The van der Waals surface area contributed by atoms with Crippen molar-refractivity contribution in [1.82, 2.24) is 15.0 Å². The van der Waals surface area contributed by atoms with Crippen molar-refractivity contribution >= 4 is 11.3 Å². The molecule has 0 fully saturated rings. The first-order valence-corrected chi connectivity index (χ1v) is 5.60. The number of nitrogens with two attached hydrogens (primary N) is 1. The Kier molecular flexibility index (Phi) is 3.12. The van der Waals surface area contributed by atoms with Crippen LogP contribution in [-0.2, 0) is 0 Å². The molecule has 6 heteroatoms. The van der Waals surface area contributed by atoms with Crippen molar-refractivity contribution in [3.05, 3.63) is 23.5 Å². The van der Waals surface area contributed by atoms with Crippen molar-refractivity contribution in [2.24, 2.45) is 5.73 Å². The summed E-state index contributed by atoms with van der Waals surface area (Å²) in [6.07, 6.45) is 3.24. The molecular formula is C10H12N4OS. The lowest BCUT2D eigenvalue weighted by Crippen LogP contribution is -2.01. The van der Waals surface area contributed by atoms with Crippen molar-refractivity contribution in [3.63, 3.8) is 0 Å². The molecule has 2 aromatic heterocycles. The number of hydrogen-bond donors (Lipinski definition) is 1. The van der Waals surface area contributed by atoms with Crippen LogP contribution in [0.3, 0.4) is 0 Å². The van der Waals surface area contributed by atoms with E-state index >= 15 is 0 Å². The van der Waals surface area contributed by atoms with Gasteiger partial charge in [0.2, 0.25) is 5.88 Å². The summed E-state index contributed by atoms with van der Waals surface area (Å²) in [6.45, 7) is 1.93. The molecule has 0 aliphatic carbocycles. The molecule has 1 atom stereocenters. The van der Waals surface area contributed by atoms with E-state index in [-0.39, 0.29) is 6.04 Å². The maximum atomic E-state index is 5.77. The zero-order chi connectivity index (χ0) is 11.5. The maximum Gasteiger partial charge on any atom is 0.216 e. The summed E-state index contributed by atoms with van der Waals surface area (Å²) >= 11 is 1.53. The van der Waals surface area contributed by atoms with E-state index in [2.05, 4.69) is 15.0 Å². The van der Waals surface area contributed by atoms with Gasteiger partial charge in [-0.25, -0.2) is 15.0 Å².